The molecule has 0 bridgehead atoms. The number of hydrogen-bond acceptors (Lipinski definition) is 4. The van der Waals surface area contributed by atoms with E-state index in [0.29, 0.717) is 5.75 Å². The van der Waals surface area contributed by atoms with E-state index in [9.17, 15) is 4.79 Å². The average Bonchev–Trinajstić information content (AvgIpc) is 2.98. The van der Waals surface area contributed by atoms with Crippen LogP contribution in [0.2, 0.25) is 0 Å². The van der Waals surface area contributed by atoms with Gasteiger partial charge in [0.05, 0.1) is 12.0 Å². The SMILES string of the molecule is NC(=O)C(N)(CSCc1ccco1)C1CC1. The van der Waals surface area contributed by atoms with Crippen LogP contribution in [0.15, 0.2) is 22.8 Å². The lowest BCUT2D eigenvalue weighted by molar-refractivity contribution is -0.123. The van der Waals surface area contributed by atoms with E-state index in [-0.39, 0.29) is 11.8 Å². The molecule has 1 heterocycles. The Morgan fingerprint density at radius 1 is 1.62 bits per heavy atom. The second-order valence-electron chi connectivity index (χ2n) is 4.25. The van der Waals surface area contributed by atoms with Gasteiger partial charge in [0.15, 0.2) is 0 Å². The lowest BCUT2D eigenvalue weighted by Gasteiger charge is -2.25. The lowest BCUT2D eigenvalue weighted by atomic mass is 9.96. The summed E-state index contributed by atoms with van der Waals surface area (Å²) in [6, 6.07) is 3.76. The number of primary amides is 1. The third-order valence-electron chi connectivity index (χ3n) is 2.93. The highest BCUT2D eigenvalue weighted by Crippen LogP contribution is 2.40. The highest BCUT2D eigenvalue weighted by atomic mass is 32.2. The molecule has 1 aromatic rings. The van der Waals surface area contributed by atoms with E-state index >= 15 is 0 Å². The topological polar surface area (TPSA) is 82.2 Å². The van der Waals surface area contributed by atoms with E-state index in [1.807, 2.05) is 12.1 Å². The smallest absolute Gasteiger partial charge is 0.238 e. The van der Waals surface area contributed by atoms with Crippen LogP contribution in [0.5, 0.6) is 0 Å². The molecule has 1 saturated carbocycles. The number of rotatable bonds is 6. The van der Waals surface area contributed by atoms with E-state index in [0.717, 1.165) is 24.4 Å². The summed E-state index contributed by atoms with van der Waals surface area (Å²) in [5.41, 5.74) is 10.6. The van der Waals surface area contributed by atoms with Gasteiger partial charge >= 0.3 is 0 Å². The van der Waals surface area contributed by atoms with Crippen molar-refractivity contribution in [2.24, 2.45) is 17.4 Å². The molecule has 0 aliphatic heterocycles. The van der Waals surface area contributed by atoms with Gasteiger partial charge in [-0.15, -0.1) is 0 Å². The molecule has 0 saturated heterocycles. The summed E-state index contributed by atoms with van der Waals surface area (Å²) < 4.78 is 5.21. The van der Waals surface area contributed by atoms with Gasteiger partial charge in [0.2, 0.25) is 5.91 Å². The molecular formula is C11H16N2O2S. The maximum atomic E-state index is 11.4. The minimum atomic E-state index is -0.836. The third kappa shape index (κ3) is 2.41. The zero-order chi connectivity index (χ0) is 11.6. The molecule has 16 heavy (non-hydrogen) atoms. The van der Waals surface area contributed by atoms with Crippen molar-refractivity contribution in [2.45, 2.75) is 24.1 Å². The molecule has 1 aliphatic rings. The van der Waals surface area contributed by atoms with Crippen molar-refractivity contribution in [3.05, 3.63) is 24.2 Å². The first-order chi connectivity index (χ1) is 7.63. The van der Waals surface area contributed by atoms with E-state index in [2.05, 4.69) is 0 Å². The quantitative estimate of drug-likeness (QED) is 0.780. The lowest BCUT2D eigenvalue weighted by Crippen LogP contribution is -2.56. The first-order valence-electron chi connectivity index (χ1n) is 5.32. The maximum absolute atomic E-state index is 11.4. The van der Waals surface area contributed by atoms with Gasteiger partial charge in [-0.2, -0.15) is 11.8 Å². The molecule has 1 atom stereocenters. The molecule has 1 aromatic heterocycles. The van der Waals surface area contributed by atoms with Crippen LogP contribution in [0.25, 0.3) is 0 Å². The molecule has 88 valence electrons. The van der Waals surface area contributed by atoms with Crippen molar-refractivity contribution in [3.63, 3.8) is 0 Å². The summed E-state index contributed by atoms with van der Waals surface area (Å²) in [7, 11) is 0. The number of furan rings is 1. The minimum absolute atomic E-state index is 0.272. The van der Waals surface area contributed by atoms with Gasteiger partial charge in [0.1, 0.15) is 11.3 Å². The standard InChI is InChI=1S/C11H16N2O2S/c12-10(14)11(13,8-3-4-8)7-16-6-9-2-1-5-15-9/h1-2,5,8H,3-4,6-7,13H2,(H2,12,14). The minimum Gasteiger partial charge on any atom is -0.468 e. The Hall–Kier alpha value is -0.940. The average molecular weight is 240 g/mol. The van der Waals surface area contributed by atoms with Crippen molar-refractivity contribution in [3.8, 4) is 0 Å². The predicted octanol–water partition coefficient (Wildman–Crippen LogP) is 1.11. The third-order valence-corrected chi connectivity index (χ3v) is 4.10. The molecule has 2 rings (SSSR count). The Balaban J connectivity index is 1.85. The summed E-state index contributed by atoms with van der Waals surface area (Å²) in [5.74, 6) is 2.07. The molecule has 0 spiro atoms. The fraction of sp³-hybridized carbons (Fsp3) is 0.545. The van der Waals surface area contributed by atoms with Gasteiger partial charge in [0.25, 0.3) is 0 Å². The van der Waals surface area contributed by atoms with Crippen LogP contribution in [-0.4, -0.2) is 17.2 Å². The van der Waals surface area contributed by atoms with Crippen molar-refractivity contribution in [2.75, 3.05) is 5.75 Å². The van der Waals surface area contributed by atoms with Crippen molar-refractivity contribution >= 4 is 17.7 Å². The van der Waals surface area contributed by atoms with Gasteiger partial charge in [-0.05, 0) is 30.9 Å². The second kappa shape index (κ2) is 4.51. The number of carbonyl (C=O) groups excluding carboxylic acids is 1. The maximum Gasteiger partial charge on any atom is 0.238 e. The number of thioether (sulfide) groups is 1. The Bertz CT molecular complexity index is 362. The van der Waals surface area contributed by atoms with Gasteiger partial charge < -0.3 is 15.9 Å². The van der Waals surface area contributed by atoms with Crippen LogP contribution in [-0.2, 0) is 10.5 Å². The van der Waals surface area contributed by atoms with Crippen LogP contribution in [0.1, 0.15) is 18.6 Å². The molecule has 1 fully saturated rings. The number of nitrogens with two attached hydrogens (primary N) is 2. The van der Waals surface area contributed by atoms with Crippen LogP contribution in [0.4, 0.5) is 0 Å². The fourth-order valence-electron chi connectivity index (χ4n) is 1.70. The first kappa shape index (κ1) is 11.5. The molecule has 4 N–H and O–H groups in total. The summed E-state index contributed by atoms with van der Waals surface area (Å²) >= 11 is 1.59. The highest BCUT2D eigenvalue weighted by molar-refractivity contribution is 7.98. The molecule has 1 unspecified atom stereocenters. The molecule has 0 aromatic carbocycles. The number of hydrogen-bond donors (Lipinski definition) is 2. The summed E-state index contributed by atoms with van der Waals surface area (Å²) in [6.45, 7) is 0. The van der Waals surface area contributed by atoms with E-state index in [1.54, 1.807) is 18.0 Å². The normalized spacial score (nSPS) is 19.3. The van der Waals surface area contributed by atoms with Crippen molar-refractivity contribution in [1.29, 1.82) is 0 Å². The molecule has 5 heteroatoms. The molecule has 0 radical (unpaired) electrons. The van der Waals surface area contributed by atoms with Crippen LogP contribution < -0.4 is 11.5 Å². The van der Waals surface area contributed by atoms with Crippen LogP contribution in [0, 0.1) is 5.92 Å². The van der Waals surface area contributed by atoms with Gasteiger partial charge in [0, 0.05) is 5.75 Å². The van der Waals surface area contributed by atoms with Crippen LogP contribution >= 0.6 is 11.8 Å². The molecule has 1 aliphatic carbocycles. The van der Waals surface area contributed by atoms with Gasteiger partial charge in [-0.25, -0.2) is 0 Å². The van der Waals surface area contributed by atoms with Crippen molar-refractivity contribution in [1.82, 2.24) is 0 Å². The van der Waals surface area contributed by atoms with Gasteiger partial charge in [-0.1, -0.05) is 0 Å². The molecule has 4 nitrogen and oxygen atoms in total. The van der Waals surface area contributed by atoms with E-state index < -0.39 is 5.54 Å². The molecular weight excluding hydrogens is 224 g/mol. The predicted molar refractivity (Wildman–Crippen MR) is 63.7 cm³/mol. The Kier molecular flexibility index (Phi) is 3.25. The van der Waals surface area contributed by atoms with E-state index in [1.165, 1.54) is 0 Å². The monoisotopic (exact) mass is 240 g/mol. The Morgan fingerprint density at radius 2 is 2.38 bits per heavy atom. The van der Waals surface area contributed by atoms with E-state index in [4.69, 9.17) is 15.9 Å². The second-order valence-corrected chi connectivity index (χ2v) is 5.24. The number of amides is 1. The first-order valence-corrected chi connectivity index (χ1v) is 6.47. The van der Waals surface area contributed by atoms with Gasteiger partial charge in [-0.3, -0.25) is 4.79 Å². The zero-order valence-electron chi connectivity index (χ0n) is 9.02. The zero-order valence-corrected chi connectivity index (χ0v) is 9.83. The highest BCUT2D eigenvalue weighted by Gasteiger charge is 2.46. The molecule has 1 amide bonds. The Labute approximate surface area is 98.7 Å². The largest absolute Gasteiger partial charge is 0.468 e. The summed E-state index contributed by atoms with van der Waals surface area (Å²) in [4.78, 5) is 11.4. The Morgan fingerprint density at radius 3 is 2.88 bits per heavy atom. The fourth-order valence-corrected chi connectivity index (χ4v) is 2.89. The van der Waals surface area contributed by atoms with Crippen LogP contribution in [0.3, 0.4) is 0 Å². The summed E-state index contributed by atoms with van der Waals surface area (Å²) in [5, 5.41) is 0. The summed E-state index contributed by atoms with van der Waals surface area (Å²) in [6.07, 6.45) is 3.67. The number of carbonyl (C=O) groups is 1. The van der Waals surface area contributed by atoms with Crippen molar-refractivity contribution < 1.29 is 9.21 Å².